The van der Waals surface area contributed by atoms with Gasteiger partial charge in [-0.2, -0.15) is 0 Å². The minimum Gasteiger partial charge on any atom is -0.350 e. The van der Waals surface area contributed by atoms with Gasteiger partial charge in [0.15, 0.2) is 0 Å². The van der Waals surface area contributed by atoms with Gasteiger partial charge in [0.2, 0.25) is 0 Å². The van der Waals surface area contributed by atoms with Crippen LogP contribution in [0, 0.1) is 10.1 Å². The third-order valence-electron chi connectivity index (χ3n) is 2.40. The van der Waals surface area contributed by atoms with Gasteiger partial charge in [0.25, 0.3) is 10.9 Å². The summed E-state index contributed by atoms with van der Waals surface area (Å²) in [6, 6.07) is 4.34. The minimum atomic E-state index is -0.619. The van der Waals surface area contributed by atoms with Crippen molar-refractivity contribution in [1.29, 1.82) is 0 Å². The highest BCUT2D eigenvalue weighted by Crippen LogP contribution is 2.26. The maximum atomic E-state index is 11.1. The number of aromatic nitrogens is 1. The molecule has 0 spiro atoms. The summed E-state index contributed by atoms with van der Waals surface area (Å²) < 4.78 is 1.70. The number of fused-ring (bicyclic) bond motifs is 1. The summed E-state index contributed by atoms with van der Waals surface area (Å²) in [5.74, 6) is 0. The number of hydrogen-bond donors (Lipinski definition) is 0. The molecule has 0 aliphatic heterocycles. The summed E-state index contributed by atoms with van der Waals surface area (Å²) >= 11 is 5.41. The van der Waals surface area contributed by atoms with E-state index in [4.69, 9.17) is 11.6 Å². The van der Waals surface area contributed by atoms with Crippen molar-refractivity contribution >= 4 is 33.4 Å². The second-order valence-corrected chi connectivity index (χ2v) is 3.73. The average molecular weight is 239 g/mol. The van der Waals surface area contributed by atoms with Crippen molar-refractivity contribution in [2.24, 2.45) is 7.05 Å². The molecule has 0 aliphatic rings. The Morgan fingerprint density at radius 2 is 2.19 bits per heavy atom. The van der Waals surface area contributed by atoms with Crippen molar-refractivity contribution in [2.45, 2.75) is 0 Å². The Bertz CT molecular complexity index is 603. The SMILES string of the molecule is Cn1cc(C(=O)Cl)c2cc([N+](=O)[O-])ccc21. The zero-order valence-corrected chi connectivity index (χ0v) is 9.06. The summed E-state index contributed by atoms with van der Waals surface area (Å²) in [7, 11) is 1.75. The fraction of sp³-hybridized carbons (Fsp3) is 0.100. The molecule has 1 aromatic carbocycles. The van der Waals surface area contributed by atoms with E-state index in [1.165, 1.54) is 12.1 Å². The monoisotopic (exact) mass is 238 g/mol. The topological polar surface area (TPSA) is 65.1 Å². The Balaban J connectivity index is 2.79. The molecule has 0 amide bonds. The Morgan fingerprint density at radius 1 is 1.50 bits per heavy atom. The van der Waals surface area contributed by atoms with Crippen molar-refractivity contribution in [2.75, 3.05) is 0 Å². The number of carbonyl (C=O) groups excluding carboxylic acids is 1. The molecule has 2 rings (SSSR count). The Labute approximate surface area is 95.4 Å². The van der Waals surface area contributed by atoms with Crippen LogP contribution in [0.25, 0.3) is 10.9 Å². The highest BCUT2D eigenvalue weighted by molar-refractivity contribution is 6.68. The van der Waals surface area contributed by atoms with Gasteiger partial charge in [-0.3, -0.25) is 14.9 Å². The molecule has 0 aliphatic carbocycles. The Hall–Kier alpha value is -1.88. The number of nitrogens with zero attached hydrogens (tertiary/aromatic N) is 2. The molecular formula is C10H7ClN2O3. The van der Waals surface area contributed by atoms with E-state index >= 15 is 0 Å². The quantitative estimate of drug-likeness (QED) is 0.459. The smallest absolute Gasteiger partial charge is 0.270 e. The second kappa shape index (κ2) is 3.61. The Kier molecular flexibility index (Phi) is 2.40. The highest BCUT2D eigenvalue weighted by atomic mass is 35.5. The van der Waals surface area contributed by atoms with Crippen LogP contribution in [0.1, 0.15) is 10.4 Å². The molecule has 0 N–H and O–H groups in total. The molecule has 6 heteroatoms. The van der Waals surface area contributed by atoms with Crippen molar-refractivity contribution < 1.29 is 9.72 Å². The molecule has 0 atom stereocenters. The van der Waals surface area contributed by atoms with Gasteiger partial charge in [0, 0.05) is 36.3 Å². The molecular weight excluding hydrogens is 232 g/mol. The van der Waals surface area contributed by atoms with E-state index in [0.29, 0.717) is 5.39 Å². The zero-order valence-electron chi connectivity index (χ0n) is 8.31. The van der Waals surface area contributed by atoms with E-state index in [9.17, 15) is 14.9 Å². The lowest BCUT2D eigenvalue weighted by Gasteiger charge is -1.95. The minimum absolute atomic E-state index is 0.0575. The molecule has 0 radical (unpaired) electrons. The van der Waals surface area contributed by atoms with Gasteiger partial charge in [0.05, 0.1) is 10.5 Å². The summed E-state index contributed by atoms with van der Waals surface area (Å²) in [6.45, 7) is 0. The van der Waals surface area contributed by atoms with E-state index in [0.717, 1.165) is 5.52 Å². The molecule has 0 saturated carbocycles. The van der Waals surface area contributed by atoms with Gasteiger partial charge in [0.1, 0.15) is 0 Å². The molecule has 0 fully saturated rings. The second-order valence-electron chi connectivity index (χ2n) is 3.39. The number of benzene rings is 1. The van der Waals surface area contributed by atoms with Crippen LogP contribution in [0.3, 0.4) is 0 Å². The maximum absolute atomic E-state index is 11.1. The van der Waals surface area contributed by atoms with Crippen LogP contribution in [0.4, 0.5) is 5.69 Å². The van der Waals surface area contributed by atoms with Gasteiger partial charge in [-0.25, -0.2) is 0 Å². The van der Waals surface area contributed by atoms with Crippen LogP contribution in [0.15, 0.2) is 24.4 Å². The first kappa shape index (κ1) is 10.6. The number of halogens is 1. The number of non-ortho nitro benzene ring substituents is 1. The highest BCUT2D eigenvalue weighted by Gasteiger charge is 2.15. The third-order valence-corrected chi connectivity index (χ3v) is 2.60. The van der Waals surface area contributed by atoms with Gasteiger partial charge in [-0.1, -0.05) is 0 Å². The first-order valence-electron chi connectivity index (χ1n) is 4.44. The number of nitro groups is 1. The van der Waals surface area contributed by atoms with Crippen molar-refractivity contribution in [3.05, 3.63) is 40.1 Å². The Morgan fingerprint density at radius 3 is 2.75 bits per heavy atom. The molecule has 16 heavy (non-hydrogen) atoms. The van der Waals surface area contributed by atoms with E-state index in [1.807, 2.05) is 0 Å². The van der Waals surface area contributed by atoms with Crippen LogP contribution < -0.4 is 0 Å². The molecule has 0 saturated heterocycles. The average Bonchev–Trinajstić information content (AvgIpc) is 2.56. The van der Waals surface area contributed by atoms with E-state index in [-0.39, 0.29) is 11.3 Å². The van der Waals surface area contributed by atoms with Crippen LogP contribution in [0.5, 0.6) is 0 Å². The van der Waals surface area contributed by atoms with Crippen molar-refractivity contribution in [1.82, 2.24) is 4.57 Å². The van der Waals surface area contributed by atoms with Gasteiger partial charge in [-0.15, -0.1) is 0 Å². The molecule has 1 aromatic heterocycles. The van der Waals surface area contributed by atoms with Crippen LogP contribution in [-0.2, 0) is 7.05 Å². The number of carbonyl (C=O) groups is 1. The third kappa shape index (κ3) is 1.55. The number of aryl methyl sites for hydroxylation is 1. The maximum Gasteiger partial charge on any atom is 0.270 e. The number of rotatable bonds is 2. The van der Waals surface area contributed by atoms with E-state index in [1.54, 1.807) is 23.9 Å². The lowest BCUT2D eigenvalue weighted by atomic mass is 10.2. The molecule has 82 valence electrons. The molecule has 0 bridgehead atoms. The molecule has 1 heterocycles. The summed E-state index contributed by atoms with van der Waals surface area (Å²) in [5, 5.41) is 10.5. The molecule has 5 nitrogen and oxygen atoms in total. The standard InChI is InChI=1S/C10H7ClN2O3/c1-12-5-8(10(11)14)7-4-6(13(15)16)2-3-9(7)12/h2-5H,1H3. The predicted molar refractivity (Wildman–Crippen MR) is 59.8 cm³/mol. The van der Waals surface area contributed by atoms with Crippen molar-refractivity contribution in [3.63, 3.8) is 0 Å². The van der Waals surface area contributed by atoms with Gasteiger partial charge < -0.3 is 4.57 Å². The lowest BCUT2D eigenvalue weighted by molar-refractivity contribution is -0.384. The predicted octanol–water partition coefficient (Wildman–Crippen LogP) is 2.47. The fourth-order valence-electron chi connectivity index (χ4n) is 1.65. The van der Waals surface area contributed by atoms with Gasteiger partial charge in [-0.05, 0) is 17.7 Å². The first-order valence-corrected chi connectivity index (χ1v) is 4.82. The summed E-state index contributed by atoms with van der Waals surface area (Å²) in [4.78, 5) is 21.2. The summed E-state index contributed by atoms with van der Waals surface area (Å²) in [6.07, 6.45) is 1.56. The number of hydrogen-bond acceptors (Lipinski definition) is 3. The molecule has 2 aromatic rings. The van der Waals surface area contributed by atoms with Crippen LogP contribution >= 0.6 is 11.6 Å². The summed E-state index contributed by atoms with van der Waals surface area (Å²) in [5.41, 5.74) is 0.954. The normalized spacial score (nSPS) is 10.6. The van der Waals surface area contributed by atoms with E-state index in [2.05, 4.69) is 0 Å². The van der Waals surface area contributed by atoms with Crippen LogP contribution in [-0.4, -0.2) is 14.7 Å². The van der Waals surface area contributed by atoms with Crippen molar-refractivity contribution in [3.8, 4) is 0 Å². The van der Waals surface area contributed by atoms with Gasteiger partial charge >= 0.3 is 0 Å². The van der Waals surface area contributed by atoms with E-state index < -0.39 is 10.2 Å². The molecule has 0 unspecified atom stereocenters. The zero-order chi connectivity index (χ0) is 11.9. The van der Waals surface area contributed by atoms with Crippen LogP contribution in [0.2, 0.25) is 0 Å². The lowest BCUT2D eigenvalue weighted by Crippen LogP contribution is -1.89. The number of nitro benzene ring substituents is 1. The first-order chi connectivity index (χ1) is 7.50. The fourth-order valence-corrected chi connectivity index (χ4v) is 1.80. The largest absolute Gasteiger partial charge is 0.350 e.